The highest BCUT2D eigenvalue weighted by Crippen LogP contribution is 2.23. The molecule has 0 radical (unpaired) electrons. The molecular formula is C25H18N4O10. The highest BCUT2D eigenvalue weighted by atomic mass is 16.5. The minimum absolute atomic E-state index is 0.0165. The third-order valence-electron chi connectivity index (χ3n) is 6.33. The second-order valence-corrected chi connectivity index (χ2v) is 8.79. The number of hydrogen-bond donors (Lipinski definition) is 3. The first kappa shape index (κ1) is 25.3. The van der Waals surface area contributed by atoms with Crippen LogP contribution in [0.15, 0.2) is 36.4 Å². The van der Waals surface area contributed by atoms with Gasteiger partial charge in [0.2, 0.25) is 11.8 Å². The third kappa shape index (κ3) is 4.47. The molecule has 2 aromatic carbocycles. The van der Waals surface area contributed by atoms with Crippen LogP contribution in [0.25, 0.3) is 0 Å². The molecule has 39 heavy (non-hydrogen) atoms. The molecule has 5 rings (SSSR count). The molecule has 14 heteroatoms. The van der Waals surface area contributed by atoms with Gasteiger partial charge in [0.25, 0.3) is 23.6 Å². The van der Waals surface area contributed by atoms with Gasteiger partial charge in [-0.15, -0.1) is 0 Å². The fourth-order valence-corrected chi connectivity index (χ4v) is 4.18. The van der Waals surface area contributed by atoms with E-state index in [4.69, 9.17) is 9.47 Å². The number of esters is 2. The van der Waals surface area contributed by atoms with Crippen molar-refractivity contribution >= 4 is 47.4 Å². The minimum Gasteiger partial charge on any atom is -0.459 e. The van der Waals surface area contributed by atoms with Crippen molar-refractivity contribution in [3.63, 3.8) is 0 Å². The van der Waals surface area contributed by atoms with Crippen molar-refractivity contribution in [2.45, 2.75) is 12.1 Å². The van der Waals surface area contributed by atoms with Crippen LogP contribution in [0.4, 0.5) is 0 Å². The summed E-state index contributed by atoms with van der Waals surface area (Å²) in [5.41, 5.74) is 0.287. The Balaban J connectivity index is 1.14. The van der Waals surface area contributed by atoms with Gasteiger partial charge >= 0.3 is 11.9 Å². The molecule has 0 aliphatic carbocycles. The SMILES string of the molecule is CN1C(=O)c2ccc(C(=O)OCC3NC(=O)C(COC(=O)c4ccc5c(c4)C(=O)NC5=O)NC3=O)cc2C1=O. The van der Waals surface area contributed by atoms with Gasteiger partial charge in [-0.25, -0.2) is 9.59 Å². The average Bonchev–Trinajstić information content (AvgIpc) is 3.33. The van der Waals surface area contributed by atoms with Crippen LogP contribution < -0.4 is 16.0 Å². The van der Waals surface area contributed by atoms with Crippen molar-refractivity contribution < 1.29 is 47.8 Å². The molecule has 1 saturated heterocycles. The predicted molar refractivity (Wildman–Crippen MR) is 126 cm³/mol. The number of ether oxygens (including phenoxy) is 2. The van der Waals surface area contributed by atoms with Crippen LogP contribution in [0.5, 0.6) is 0 Å². The van der Waals surface area contributed by atoms with Crippen molar-refractivity contribution in [3.05, 3.63) is 69.8 Å². The summed E-state index contributed by atoms with van der Waals surface area (Å²) in [6.07, 6.45) is 0. The summed E-state index contributed by atoms with van der Waals surface area (Å²) in [5.74, 6) is -5.45. The van der Waals surface area contributed by atoms with Crippen molar-refractivity contribution in [3.8, 4) is 0 Å². The molecule has 0 saturated carbocycles. The van der Waals surface area contributed by atoms with E-state index in [0.717, 1.165) is 4.90 Å². The van der Waals surface area contributed by atoms with Gasteiger partial charge in [0.05, 0.1) is 33.4 Å². The number of imide groups is 2. The number of carbonyl (C=O) groups is 8. The number of piperazine rings is 1. The summed E-state index contributed by atoms with van der Waals surface area (Å²) in [6, 6.07) is 5.16. The lowest BCUT2D eigenvalue weighted by Gasteiger charge is -2.28. The third-order valence-corrected chi connectivity index (χ3v) is 6.33. The van der Waals surface area contributed by atoms with Gasteiger partial charge in [0.15, 0.2) is 0 Å². The molecule has 2 unspecified atom stereocenters. The van der Waals surface area contributed by atoms with Crippen molar-refractivity contribution in [1.29, 1.82) is 0 Å². The average molecular weight is 534 g/mol. The Kier molecular flexibility index (Phi) is 6.14. The quantitative estimate of drug-likeness (QED) is 0.299. The van der Waals surface area contributed by atoms with E-state index in [-0.39, 0.29) is 33.4 Å². The Morgan fingerprint density at radius 2 is 1.15 bits per heavy atom. The van der Waals surface area contributed by atoms with Crippen LogP contribution in [0.3, 0.4) is 0 Å². The maximum atomic E-state index is 12.5. The maximum Gasteiger partial charge on any atom is 0.338 e. The fourth-order valence-electron chi connectivity index (χ4n) is 4.18. The molecule has 3 heterocycles. The normalized spacial score (nSPS) is 19.7. The molecule has 2 atom stereocenters. The highest BCUT2D eigenvalue weighted by molar-refractivity contribution is 6.22. The first-order chi connectivity index (χ1) is 18.5. The van der Waals surface area contributed by atoms with E-state index in [1.165, 1.54) is 43.4 Å². The smallest absolute Gasteiger partial charge is 0.338 e. The van der Waals surface area contributed by atoms with Crippen LogP contribution in [-0.2, 0) is 19.1 Å². The van der Waals surface area contributed by atoms with Gasteiger partial charge < -0.3 is 20.1 Å². The second-order valence-electron chi connectivity index (χ2n) is 8.79. The van der Waals surface area contributed by atoms with Gasteiger partial charge in [0, 0.05) is 7.05 Å². The topological polar surface area (TPSA) is 194 Å². The van der Waals surface area contributed by atoms with E-state index in [1.54, 1.807) is 0 Å². The number of benzene rings is 2. The summed E-state index contributed by atoms with van der Waals surface area (Å²) in [5, 5.41) is 6.85. The minimum atomic E-state index is -1.23. The van der Waals surface area contributed by atoms with E-state index in [1.807, 2.05) is 0 Å². The summed E-state index contributed by atoms with van der Waals surface area (Å²) in [6.45, 7) is -1.05. The predicted octanol–water partition coefficient (Wildman–Crippen LogP) is -1.21. The first-order valence-electron chi connectivity index (χ1n) is 11.5. The number of fused-ring (bicyclic) bond motifs is 2. The van der Waals surface area contributed by atoms with Crippen LogP contribution in [0.2, 0.25) is 0 Å². The Bertz CT molecular complexity index is 1530. The molecule has 0 aromatic heterocycles. The molecule has 3 aliphatic rings. The van der Waals surface area contributed by atoms with E-state index in [0.29, 0.717) is 0 Å². The van der Waals surface area contributed by atoms with Crippen molar-refractivity contribution in [1.82, 2.24) is 20.9 Å². The molecule has 0 spiro atoms. The Morgan fingerprint density at radius 3 is 1.72 bits per heavy atom. The molecule has 6 amide bonds. The summed E-state index contributed by atoms with van der Waals surface area (Å²) >= 11 is 0. The molecule has 1 fully saturated rings. The lowest BCUT2D eigenvalue weighted by molar-refractivity contribution is -0.138. The van der Waals surface area contributed by atoms with E-state index in [9.17, 15) is 38.4 Å². The Hall–Kier alpha value is -5.40. The molecule has 198 valence electrons. The highest BCUT2D eigenvalue weighted by Gasteiger charge is 2.36. The zero-order chi connectivity index (χ0) is 28.0. The van der Waals surface area contributed by atoms with Crippen LogP contribution >= 0.6 is 0 Å². The molecular weight excluding hydrogens is 516 g/mol. The fraction of sp³-hybridized carbons (Fsp3) is 0.200. The van der Waals surface area contributed by atoms with Crippen LogP contribution in [-0.4, -0.2) is 84.6 Å². The number of nitrogens with zero attached hydrogens (tertiary/aromatic N) is 1. The molecule has 2 aromatic rings. The lowest BCUT2D eigenvalue weighted by Crippen LogP contribution is -2.64. The monoisotopic (exact) mass is 534 g/mol. The van der Waals surface area contributed by atoms with Crippen molar-refractivity contribution in [2.75, 3.05) is 20.3 Å². The molecule has 14 nitrogen and oxygen atoms in total. The van der Waals surface area contributed by atoms with E-state index >= 15 is 0 Å². The van der Waals surface area contributed by atoms with Gasteiger partial charge in [-0.05, 0) is 36.4 Å². The summed E-state index contributed by atoms with van der Waals surface area (Å²) in [4.78, 5) is 98.2. The molecule has 3 N–H and O–H groups in total. The van der Waals surface area contributed by atoms with Gasteiger partial charge in [-0.2, -0.15) is 0 Å². The Labute approximate surface area is 218 Å². The van der Waals surface area contributed by atoms with E-state index < -0.39 is 72.7 Å². The zero-order valence-corrected chi connectivity index (χ0v) is 20.1. The molecule has 3 aliphatic heterocycles. The van der Waals surface area contributed by atoms with E-state index in [2.05, 4.69) is 16.0 Å². The zero-order valence-electron chi connectivity index (χ0n) is 20.1. The Morgan fingerprint density at radius 1 is 0.692 bits per heavy atom. The standard InChI is InChI=1S/C25H18N4O10/c1-29-22(34)13-5-3-11(7-15(13)23(29)35)25(37)39-9-17-21(33)26-16(20(32)27-17)8-38-24(36)10-2-4-12-14(6-10)19(31)28-18(12)30/h2-7,16-17H,8-9H2,1H3,(H,26,33)(H,27,32)(H,28,30,31). The summed E-state index contributed by atoms with van der Waals surface area (Å²) < 4.78 is 10.2. The largest absolute Gasteiger partial charge is 0.459 e. The number of nitrogens with one attached hydrogen (secondary N) is 3. The van der Waals surface area contributed by atoms with Crippen LogP contribution in [0.1, 0.15) is 62.1 Å². The van der Waals surface area contributed by atoms with Crippen LogP contribution in [0, 0.1) is 0 Å². The number of carbonyl (C=O) groups excluding carboxylic acids is 8. The van der Waals surface area contributed by atoms with Gasteiger partial charge in [-0.3, -0.25) is 39.0 Å². The second kappa shape index (κ2) is 9.48. The number of amides is 6. The van der Waals surface area contributed by atoms with Gasteiger partial charge in [0.1, 0.15) is 25.3 Å². The molecule has 0 bridgehead atoms. The lowest BCUT2D eigenvalue weighted by atomic mass is 10.1. The van der Waals surface area contributed by atoms with Gasteiger partial charge in [-0.1, -0.05) is 0 Å². The van der Waals surface area contributed by atoms with Crippen molar-refractivity contribution in [2.24, 2.45) is 0 Å². The first-order valence-corrected chi connectivity index (χ1v) is 11.5. The number of hydrogen-bond acceptors (Lipinski definition) is 10. The summed E-state index contributed by atoms with van der Waals surface area (Å²) in [7, 11) is 1.32. The number of rotatable bonds is 6. The maximum absolute atomic E-state index is 12.5.